The van der Waals surface area contributed by atoms with E-state index in [4.69, 9.17) is 9.47 Å². The van der Waals surface area contributed by atoms with Crippen molar-refractivity contribution in [2.45, 2.75) is 66.6 Å². The van der Waals surface area contributed by atoms with Crippen LogP contribution in [0.25, 0.3) is 5.57 Å². The van der Waals surface area contributed by atoms with Gasteiger partial charge in [-0.05, 0) is 79.7 Å². The number of anilines is 3. The number of fused-ring (bicyclic) bond motifs is 1. The first kappa shape index (κ1) is 25.0. The molecule has 180 valence electrons. The minimum Gasteiger partial charge on any atom is -0.457 e. The fourth-order valence-electron chi connectivity index (χ4n) is 3.60. The van der Waals surface area contributed by atoms with Crippen molar-refractivity contribution in [3.05, 3.63) is 53.4 Å². The Hall–Kier alpha value is -3.68. The monoisotopic (exact) mass is 465 g/mol. The lowest BCUT2D eigenvalue weighted by molar-refractivity contribution is -0.148. The van der Waals surface area contributed by atoms with Crippen LogP contribution in [0.3, 0.4) is 0 Å². The number of carbonyl (C=O) groups excluding carboxylic acids is 3. The lowest BCUT2D eigenvalue weighted by Gasteiger charge is -2.21. The van der Waals surface area contributed by atoms with Crippen molar-refractivity contribution in [2.24, 2.45) is 0 Å². The first-order valence-corrected chi connectivity index (χ1v) is 11.0. The second-order valence-electron chi connectivity index (χ2n) is 10.1. The van der Waals surface area contributed by atoms with Gasteiger partial charge in [-0.25, -0.2) is 9.59 Å². The molecule has 2 heterocycles. The largest absolute Gasteiger partial charge is 0.457 e. The van der Waals surface area contributed by atoms with E-state index in [9.17, 15) is 14.4 Å². The molecule has 8 nitrogen and oxygen atoms in total. The zero-order chi connectivity index (χ0) is 25.4. The summed E-state index contributed by atoms with van der Waals surface area (Å²) in [5.41, 5.74) is 1.99. The maximum Gasteiger partial charge on any atom is 0.412 e. The zero-order valence-electron chi connectivity index (χ0n) is 20.9. The summed E-state index contributed by atoms with van der Waals surface area (Å²) in [5, 5.41) is 2.72. The highest BCUT2D eigenvalue weighted by Gasteiger charge is 2.38. The molecule has 1 aliphatic rings. The number of hydrogen-bond acceptors (Lipinski definition) is 6. The number of benzene rings is 1. The van der Waals surface area contributed by atoms with E-state index < -0.39 is 29.2 Å². The van der Waals surface area contributed by atoms with Crippen molar-refractivity contribution < 1.29 is 23.9 Å². The maximum atomic E-state index is 13.6. The highest BCUT2D eigenvalue weighted by atomic mass is 16.6. The average Bonchev–Trinajstić information content (AvgIpc) is 2.91. The van der Waals surface area contributed by atoms with Gasteiger partial charge in [-0.3, -0.25) is 20.0 Å². The van der Waals surface area contributed by atoms with Crippen LogP contribution >= 0.6 is 0 Å². The molecule has 1 aliphatic heterocycles. The number of esters is 1. The van der Waals surface area contributed by atoms with E-state index in [1.165, 1.54) is 11.0 Å². The Kier molecular flexibility index (Phi) is 6.55. The molecule has 1 aromatic carbocycles. The third-order valence-electron chi connectivity index (χ3n) is 4.73. The van der Waals surface area contributed by atoms with Crippen molar-refractivity contribution in [3.63, 3.8) is 0 Å². The van der Waals surface area contributed by atoms with Crippen molar-refractivity contribution in [3.8, 4) is 0 Å². The van der Waals surface area contributed by atoms with Gasteiger partial charge in [0, 0.05) is 17.3 Å². The molecule has 0 atom stereocenters. The summed E-state index contributed by atoms with van der Waals surface area (Å²) < 4.78 is 10.8. The highest BCUT2D eigenvalue weighted by molar-refractivity contribution is 6.38. The van der Waals surface area contributed by atoms with E-state index in [1.54, 1.807) is 59.7 Å². The first-order chi connectivity index (χ1) is 15.7. The number of hydrogen-bond donors (Lipinski definition) is 1. The predicted octanol–water partition coefficient (Wildman–Crippen LogP) is 5.45. The van der Waals surface area contributed by atoms with Gasteiger partial charge in [0.1, 0.15) is 11.2 Å². The van der Waals surface area contributed by atoms with Gasteiger partial charge < -0.3 is 9.47 Å². The Labute approximate surface area is 200 Å². The van der Waals surface area contributed by atoms with Crippen LogP contribution in [0, 0.1) is 13.8 Å². The molecule has 1 aromatic heterocycles. The van der Waals surface area contributed by atoms with Crippen molar-refractivity contribution >= 4 is 40.6 Å². The molecule has 0 bridgehead atoms. The molecule has 0 saturated carbocycles. The van der Waals surface area contributed by atoms with E-state index in [1.807, 2.05) is 26.0 Å². The molecule has 0 aliphatic carbocycles. The molecule has 8 heteroatoms. The molecular weight excluding hydrogens is 434 g/mol. The average molecular weight is 466 g/mol. The Morgan fingerprint density at radius 3 is 2.18 bits per heavy atom. The summed E-state index contributed by atoms with van der Waals surface area (Å²) in [5.74, 6) is -1.08. The molecule has 2 amide bonds. The standard InChI is InChI=1S/C26H31N3O5/c1-15-12-13-19(16(2)27-15)29-20-11-9-10-18(28-24(32)34-26(6,7)8)22(20)17(23(29)31)14-21(30)33-25(3,4)5/h9-14H,1-8H3,(H,28,32)/b17-14-. The number of aryl methyl sites for hydroxylation is 2. The van der Waals surface area contributed by atoms with Crippen molar-refractivity contribution in [1.82, 2.24) is 4.98 Å². The zero-order valence-corrected chi connectivity index (χ0v) is 20.9. The molecular formula is C26H31N3O5. The quantitative estimate of drug-likeness (QED) is 0.478. The van der Waals surface area contributed by atoms with E-state index in [-0.39, 0.29) is 5.57 Å². The third-order valence-corrected chi connectivity index (χ3v) is 4.73. The molecule has 0 saturated heterocycles. The SMILES string of the molecule is Cc1ccc(N2C(=O)/C(=C\C(=O)OC(C)(C)C)c3c(NC(=O)OC(C)(C)C)cccc32)c(C)n1. The van der Waals surface area contributed by atoms with Gasteiger partial charge in [-0.15, -0.1) is 0 Å². The first-order valence-electron chi connectivity index (χ1n) is 11.0. The topological polar surface area (TPSA) is 97.8 Å². The van der Waals surface area contributed by atoms with Gasteiger partial charge in [-0.2, -0.15) is 0 Å². The summed E-state index contributed by atoms with van der Waals surface area (Å²) in [4.78, 5) is 44.8. The number of rotatable bonds is 3. The summed E-state index contributed by atoms with van der Waals surface area (Å²) in [7, 11) is 0. The number of nitrogens with one attached hydrogen (secondary N) is 1. The normalized spacial score (nSPS) is 14.8. The van der Waals surface area contributed by atoms with Gasteiger partial charge in [0.2, 0.25) is 0 Å². The summed E-state index contributed by atoms with van der Waals surface area (Å²) in [6.07, 6.45) is 0.500. The van der Waals surface area contributed by atoms with E-state index in [0.717, 1.165) is 5.69 Å². The summed E-state index contributed by atoms with van der Waals surface area (Å²) in [6, 6.07) is 8.75. The lowest BCUT2D eigenvalue weighted by atomic mass is 10.0. The maximum absolute atomic E-state index is 13.6. The second-order valence-corrected chi connectivity index (χ2v) is 10.1. The van der Waals surface area contributed by atoms with Crippen LogP contribution in [0.1, 0.15) is 58.5 Å². The van der Waals surface area contributed by atoms with E-state index in [2.05, 4.69) is 10.3 Å². The number of aromatic nitrogens is 1. The predicted molar refractivity (Wildman–Crippen MR) is 131 cm³/mol. The molecule has 3 rings (SSSR count). The van der Waals surface area contributed by atoms with Gasteiger partial charge in [0.25, 0.3) is 5.91 Å². The molecule has 0 unspecified atom stereocenters. The number of amides is 2. The fraction of sp³-hybridized carbons (Fsp3) is 0.385. The molecule has 1 N–H and O–H groups in total. The van der Waals surface area contributed by atoms with Crippen LogP contribution in [-0.2, 0) is 19.1 Å². The van der Waals surface area contributed by atoms with Crippen LogP contribution in [0.4, 0.5) is 21.9 Å². The lowest BCUT2D eigenvalue weighted by Crippen LogP contribution is -2.27. The van der Waals surface area contributed by atoms with Gasteiger partial charge in [0.15, 0.2) is 0 Å². The van der Waals surface area contributed by atoms with Crippen LogP contribution in [0.5, 0.6) is 0 Å². The molecule has 0 fully saturated rings. The van der Waals surface area contributed by atoms with E-state index >= 15 is 0 Å². The minimum absolute atomic E-state index is 0.107. The number of carbonyl (C=O) groups is 3. The van der Waals surface area contributed by atoms with Gasteiger partial charge >= 0.3 is 12.1 Å². The fourth-order valence-corrected chi connectivity index (χ4v) is 3.60. The minimum atomic E-state index is -0.732. The Morgan fingerprint density at radius 2 is 1.59 bits per heavy atom. The number of pyridine rings is 1. The van der Waals surface area contributed by atoms with Crippen molar-refractivity contribution in [1.29, 1.82) is 0 Å². The second kappa shape index (κ2) is 8.93. The number of nitrogens with zero attached hydrogens (tertiary/aromatic N) is 2. The Morgan fingerprint density at radius 1 is 0.941 bits per heavy atom. The Balaban J connectivity index is 2.15. The summed E-state index contributed by atoms with van der Waals surface area (Å²) >= 11 is 0. The molecule has 0 spiro atoms. The summed E-state index contributed by atoms with van der Waals surface area (Å²) in [6.45, 7) is 14.2. The van der Waals surface area contributed by atoms with E-state index in [0.29, 0.717) is 28.3 Å². The van der Waals surface area contributed by atoms with Gasteiger partial charge in [-0.1, -0.05) is 6.07 Å². The molecule has 2 aromatic rings. The van der Waals surface area contributed by atoms with Gasteiger partial charge in [0.05, 0.1) is 28.3 Å². The highest BCUT2D eigenvalue weighted by Crippen LogP contribution is 2.46. The molecule has 0 radical (unpaired) electrons. The van der Waals surface area contributed by atoms with Crippen LogP contribution < -0.4 is 10.2 Å². The van der Waals surface area contributed by atoms with Crippen molar-refractivity contribution in [2.75, 3.05) is 10.2 Å². The smallest absolute Gasteiger partial charge is 0.412 e. The number of ether oxygens (including phenoxy) is 2. The molecule has 34 heavy (non-hydrogen) atoms. The van der Waals surface area contributed by atoms with Crippen LogP contribution in [-0.4, -0.2) is 34.2 Å². The third kappa shape index (κ3) is 5.62. The van der Waals surface area contributed by atoms with Crippen LogP contribution in [0.15, 0.2) is 36.4 Å². The van der Waals surface area contributed by atoms with Crippen LogP contribution in [0.2, 0.25) is 0 Å². The Bertz CT molecular complexity index is 1190.